The molecule has 2 aromatic rings. The highest BCUT2D eigenvalue weighted by Gasteiger charge is 2.33. The van der Waals surface area contributed by atoms with Gasteiger partial charge < -0.3 is 14.2 Å². The van der Waals surface area contributed by atoms with E-state index in [-0.39, 0.29) is 11.9 Å². The smallest absolute Gasteiger partial charge is 0.256 e. The SMILES string of the molecule is CCOc1ccc(C(=O)N2CCCC2c2cc(C)no2)cn1. The van der Waals surface area contributed by atoms with E-state index in [9.17, 15) is 4.79 Å². The minimum atomic E-state index is -0.0414. The van der Waals surface area contributed by atoms with E-state index >= 15 is 0 Å². The highest BCUT2D eigenvalue weighted by Crippen LogP contribution is 2.33. The second-order valence-electron chi connectivity index (χ2n) is 5.35. The maximum Gasteiger partial charge on any atom is 0.256 e. The van der Waals surface area contributed by atoms with Crippen LogP contribution in [-0.4, -0.2) is 34.1 Å². The van der Waals surface area contributed by atoms with Crippen LogP contribution in [0.25, 0.3) is 0 Å². The number of carbonyl (C=O) groups is 1. The van der Waals surface area contributed by atoms with E-state index in [2.05, 4.69) is 10.1 Å². The van der Waals surface area contributed by atoms with E-state index in [4.69, 9.17) is 9.26 Å². The average Bonchev–Trinajstić information content (AvgIpc) is 3.16. The summed E-state index contributed by atoms with van der Waals surface area (Å²) in [4.78, 5) is 18.7. The van der Waals surface area contributed by atoms with Gasteiger partial charge in [0.05, 0.1) is 23.9 Å². The van der Waals surface area contributed by atoms with Crippen LogP contribution in [0.5, 0.6) is 5.88 Å². The number of nitrogens with zero attached hydrogens (tertiary/aromatic N) is 3. The van der Waals surface area contributed by atoms with Crippen LogP contribution in [0.4, 0.5) is 0 Å². The van der Waals surface area contributed by atoms with Crippen molar-refractivity contribution < 1.29 is 14.1 Å². The summed E-state index contributed by atoms with van der Waals surface area (Å²) >= 11 is 0. The number of hydrogen-bond donors (Lipinski definition) is 0. The van der Waals surface area contributed by atoms with Crippen molar-refractivity contribution in [2.75, 3.05) is 13.2 Å². The van der Waals surface area contributed by atoms with Gasteiger partial charge in [0.15, 0.2) is 5.76 Å². The maximum absolute atomic E-state index is 12.7. The van der Waals surface area contributed by atoms with Crippen molar-refractivity contribution in [3.63, 3.8) is 0 Å². The van der Waals surface area contributed by atoms with E-state index < -0.39 is 0 Å². The predicted octanol–water partition coefficient (Wildman–Crippen LogP) is 2.75. The predicted molar refractivity (Wildman–Crippen MR) is 79.7 cm³/mol. The molecule has 0 aliphatic carbocycles. The van der Waals surface area contributed by atoms with Gasteiger partial charge in [0.1, 0.15) is 0 Å². The van der Waals surface area contributed by atoms with E-state index in [1.54, 1.807) is 18.3 Å². The first-order chi connectivity index (χ1) is 10.7. The molecule has 116 valence electrons. The molecule has 1 unspecified atom stereocenters. The second kappa shape index (κ2) is 6.17. The van der Waals surface area contributed by atoms with Crippen LogP contribution in [0, 0.1) is 6.92 Å². The van der Waals surface area contributed by atoms with Gasteiger partial charge in [-0.25, -0.2) is 4.98 Å². The van der Waals surface area contributed by atoms with E-state index in [1.807, 2.05) is 24.8 Å². The minimum Gasteiger partial charge on any atom is -0.478 e. The van der Waals surface area contributed by atoms with Crippen LogP contribution in [0.1, 0.15) is 47.6 Å². The van der Waals surface area contributed by atoms with Crippen molar-refractivity contribution in [2.45, 2.75) is 32.7 Å². The molecule has 22 heavy (non-hydrogen) atoms. The standard InChI is InChI=1S/C16H19N3O3/c1-3-21-15-7-6-12(10-17-15)16(20)19-8-4-5-13(19)14-9-11(2)18-22-14/h6-7,9-10,13H,3-5,8H2,1-2H3. The molecule has 1 amide bonds. The third-order valence-corrected chi connectivity index (χ3v) is 3.76. The molecule has 1 saturated heterocycles. The number of pyridine rings is 1. The van der Waals surface area contributed by atoms with Gasteiger partial charge in [0.2, 0.25) is 5.88 Å². The quantitative estimate of drug-likeness (QED) is 0.868. The molecule has 1 aliphatic rings. The number of carbonyl (C=O) groups excluding carboxylic acids is 1. The van der Waals surface area contributed by atoms with Crippen molar-refractivity contribution in [3.8, 4) is 5.88 Å². The molecule has 3 heterocycles. The van der Waals surface area contributed by atoms with Crippen molar-refractivity contribution >= 4 is 5.91 Å². The summed E-state index contributed by atoms with van der Waals surface area (Å²) in [6, 6.07) is 5.33. The number of amides is 1. The Kier molecular flexibility index (Phi) is 4.09. The lowest BCUT2D eigenvalue weighted by Gasteiger charge is -2.22. The van der Waals surface area contributed by atoms with Gasteiger partial charge >= 0.3 is 0 Å². The first-order valence-electron chi connectivity index (χ1n) is 7.52. The minimum absolute atomic E-state index is 0.0351. The largest absolute Gasteiger partial charge is 0.478 e. The first kappa shape index (κ1) is 14.6. The summed E-state index contributed by atoms with van der Waals surface area (Å²) in [7, 11) is 0. The van der Waals surface area contributed by atoms with Gasteiger partial charge in [-0.15, -0.1) is 0 Å². The summed E-state index contributed by atoms with van der Waals surface area (Å²) in [6.07, 6.45) is 3.42. The zero-order chi connectivity index (χ0) is 15.5. The fraction of sp³-hybridized carbons (Fsp3) is 0.438. The summed E-state index contributed by atoms with van der Waals surface area (Å²) < 4.78 is 10.6. The van der Waals surface area contributed by atoms with Gasteiger partial charge in [-0.3, -0.25) is 4.79 Å². The molecule has 0 bridgehead atoms. The number of aromatic nitrogens is 2. The fourth-order valence-electron chi connectivity index (χ4n) is 2.75. The highest BCUT2D eigenvalue weighted by atomic mass is 16.5. The molecule has 3 rings (SSSR count). The summed E-state index contributed by atoms with van der Waals surface area (Å²) in [5.41, 5.74) is 1.39. The molecule has 1 atom stereocenters. The Morgan fingerprint density at radius 1 is 1.50 bits per heavy atom. The number of rotatable bonds is 4. The van der Waals surface area contributed by atoms with Gasteiger partial charge in [-0.05, 0) is 32.8 Å². The highest BCUT2D eigenvalue weighted by molar-refractivity contribution is 5.94. The lowest BCUT2D eigenvalue weighted by atomic mass is 10.1. The maximum atomic E-state index is 12.7. The Balaban J connectivity index is 1.78. The molecule has 2 aromatic heterocycles. The van der Waals surface area contributed by atoms with Gasteiger partial charge in [0.25, 0.3) is 5.91 Å². The van der Waals surface area contributed by atoms with Crippen LogP contribution in [0.2, 0.25) is 0 Å². The number of aryl methyl sites for hydroxylation is 1. The van der Waals surface area contributed by atoms with E-state index in [1.165, 1.54) is 0 Å². The lowest BCUT2D eigenvalue weighted by molar-refractivity contribution is 0.0714. The first-order valence-corrected chi connectivity index (χ1v) is 7.52. The average molecular weight is 301 g/mol. The zero-order valence-electron chi connectivity index (χ0n) is 12.8. The van der Waals surface area contributed by atoms with Crippen LogP contribution in [0.15, 0.2) is 28.9 Å². The molecule has 0 saturated carbocycles. The molecule has 0 N–H and O–H groups in total. The Bertz CT molecular complexity index is 651. The van der Waals surface area contributed by atoms with E-state index in [0.29, 0.717) is 18.1 Å². The van der Waals surface area contributed by atoms with E-state index in [0.717, 1.165) is 30.8 Å². The molecule has 0 aromatic carbocycles. The normalized spacial score (nSPS) is 17.7. The Hall–Kier alpha value is -2.37. The Morgan fingerprint density at radius 3 is 3.00 bits per heavy atom. The van der Waals surface area contributed by atoms with Crippen molar-refractivity contribution in [1.82, 2.24) is 15.0 Å². The molecule has 1 fully saturated rings. The van der Waals surface area contributed by atoms with Crippen LogP contribution < -0.4 is 4.74 Å². The topological polar surface area (TPSA) is 68.5 Å². The number of likely N-dealkylation sites (tertiary alicyclic amines) is 1. The molecule has 1 aliphatic heterocycles. The second-order valence-corrected chi connectivity index (χ2v) is 5.35. The van der Waals surface area contributed by atoms with Crippen molar-refractivity contribution in [3.05, 3.63) is 41.4 Å². The summed E-state index contributed by atoms with van der Waals surface area (Å²) in [5.74, 6) is 1.25. The van der Waals surface area contributed by atoms with Gasteiger partial charge in [-0.1, -0.05) is 5.16 Å². The van der Waals surface area contributed by atoms with Crippen LogP contribution in [0.3, 0.4) is 0 Å². The van der Waals surface area contributed by atoms with Gasteiger partial charge in [-0.2, -0.15) is 0 Å². The third-order valence-electron chi connectivity index (χ3n) is 3.76. The zero-order valence-corrected chi connectivity index (χ0v) is 12.8. The van der Waals surface area contributed by atoms with Crippen LogP contribution in [-0.2, 0) is 0 Å². The molecular formula is C16H19N3O3. The molecule has 0 spiro atoms. The number of ether oxygens (including phenoxy) is 1. The van der Waals surface area contributed by atoms with Crippen LogP contribution >= 0.6 is 0 Å². The lowest BCUT2D eigenvalue weighted by Crippen LogP contribution is -2.30. The monoisotopic (exact) mass is 301 g/mol. The van der Waals surface area contributed by atoms with Crippen molar-refractivity contribution in [2.24, 2.45) is 0 Å². The summed E-state index contributed by atoms with van der Waals surface area (Å²) in [6.45, 7) is 5.05. The fourth-order valence-corrected chi connectivity index (χ4v) is 2.75. The van der Waals surface area contributed by atoms with Crippen molar-refractivity contribution in [1.29, 1.82) is 0 Å². The molecular weight excluding hydrogens is 282 g/mol. The molecule has 6 heteroatoms. The molecule has 6 nitrogen and oxygen atoms in total. The Labute approximate surface area is 129 Å². The third kappa shape index (κ3) is 2.81. The Morgan fingerprint density at radius 2 is 2.36 bits per heavy atom. The number of hydrogen-bond acceptors (Lipinski definition) is 5. The van der Waals surface area contributed by atoms with Gasteiger partial charge in [0, 0.05) is 24.9 Å². The summed E-state index contributed by atoms with van der Waals surface area (Å²) in [5, 5.41) is 3.92. The molecule has 0 radical (unpaired) electrons.